The minimum atomic E-state index is -0.218. The van der Waals surface area contributed by atoms with Crippen molar-refractivity contribution in [3.63, 3.8) is 0 Å². The number of aromatic nitrogens is 5. The maximum Gasteiger partial charge on any atom is 0.252 e. The monoisotopic (exact) mass is 424 g/mol. The van der Waals surface area contributed by atoms with E-state index >= 15 is 0 Å². The highest BCUT2D eigenvalue weighted by Crippen LogP contribution is 2.21. The van der Waals surface area contributed by atoms with Crippen molar-refractivity contribution in [3.05, 3.63) is 51.1 Å². The standard InChI is InChI=1S/C23H32N6O2/c1-15-9-17-11-18(22(30)24-20(17)10-16(15)2)12-28(13-19-7-6-8-31-19)14-21-25-26-27-29(21)23(3,4)5/h9-11,19H,6-8,12-14H2,1-5H3,(H,24,30). The number of nitrogens with zero attached hydrogens (tertiary/aromatic N) is 5. The number of pyridine rings is 1. The Labute approximate surface area is 182 Å². The maximum absolute atomic E-state index is 12.9. The highest BCUT2D eigenvalue weighted by atomic mass is 16.5. The van der Waals surface area contributed by atoms with E-state index in [-0.39, 0.29) is 17.2 Å². The van der Waals surface area contributed by atoms with E-state index in [2.05, 4.69) is 66.1 Å². The lowest BCUT2D eigenvalue weighted by Gasteiger charge is -2.26. The number of hydrogen-bond donors (Lipinski definition) is 1. The molecule has 1 unspecified atom stereocenters. The molecule has 1 atom stereocenters. The van der Waals surface area contributed by atoms with E-state index in [1.165, 1.54) is 11.1 Å². The van der Waals surface area contributed by atoms with Gasteiger partial charge in [0, 0.05) is 30.8 Å². The van der Waals surface area contributed by atoms with Crippen molar-refractivity contribution in [2.45, 2.75) is 72.2 Å². The van der Waals surface area contributed by atoms with E-state index < -0.39 is 0 Å². The SMILES string of the molecule is Cc1cc2cc(CN(Cc3nnnn3C(C)(C)C)CC3CCCO3)c(=O)[nH]c2cc1C. The van der Waals surface area contributed by atoms with Gasteiger partial charge in [0.2, 0.25) is 0 Å². The van der Waals surface area contributed by atoms with Gasteiger partial charge < -0.3 is 9.72 Å². The summed E-state index contributed by atoms with van der Waals surface area (Å²) in [7, 11) is 0. The van der Waals surface area contributed by atoms with Crippen LogP contribution >= 0.6 is 0 Å². The Morgan fingerprint density at radius 1 is 1.19 bits per heavy atom. The normalized spacial score (nSPS) is 17.2. The first-order valence-electron chi connectivity index (χ1n) is 11.0. The fourth-order valence-corrected chi connectivity index (χ4v) is 4.17. The maximum atomic E-state index is 12.9. The molecule has 0 spiro atoms. The van der Waals surface area contributed by atoms with E-state index in [0.29, 0.717) is 13.1 Å². The average Bonchev–Trinajstić information content (AvgIpc) is 3.35. The molecule has 8 heteroatoms. The van der Waals surface area contributed by atoms with Crippen molar-refractivity contribution in [1.82, 2.24) is 30.1 Å². The molecular formula is C23H32N6O2. The molecule has 4 rings (SSSR count). The zero-order valence-electron chi connectivity index (χ0n) is 19.1. The number of H-pyrrole nitrogens is 1. The topological polar surface area (TPSA) is 88.9 Å². The Balaban J connectivity index is 1.64. The fourth-order valence-electron chi connectivity index (χ4n) is 4.17. The van der Waals surface area contributed by atoms with Crippen LogP contribution in [0.2, 0.25) is 0 Å². The Hall–Kier alpha value is -2.58. The summed E-state index contributed by atoms with van der Waals surface area (Å²) < 4.78 is 7.73. The lowest BCUT2D eigenvalue weighted by molar-refractivity contribution is 0.0657. The van der Waals surface area contributed by atoms with Crippen LogP contribution in [-0.4, -0.2) is 49.3 Å². The second-order valence-electron chi connectivity index (χ2n) is 9.63. The summed E-state index contributed by atoms with van der Waals surface area (Å²) in [6.07, 6.45) is 2.28. The number of rotatable bonds is 6. The summed E-state index contributed by atoms with van der Waals surface area (Å²) in [5, 5.41) is 13.4. The molecule has 1 N–H and O–H groups in total. The lowest BCUT2D eigenvalue weighted by atomic mass is 10.0. The molecule has 1 fully saturated rings. The van der Waals surface area contributed by atoms with Crippen LogP contribution in [0.5, 0.6) is 0 Å². The predicted molar refractivity (Wildman–Crippen MR) is 120 cm³/mol. The van der Waals surface area contributed by atoms with Gasteiger partial charge in [-0.1, -0.05) is 0 Å². The Morgan fingerprint density at radius 2 is 1.97 bits per heavy atom. The van der Waals surface area contributed by atoms with Gasteiger partial charge in [-0.25, -0.2) is 4.68 Å². The summed E-state index contributed by atoms with van der Waals surface area (Å²) in [5.41, 5.74) is 3.73. The van der Waals surface area contributed by atoms with Crippen LogP contribution in [0.4, 0.5) is 0 Å². The van der Waals surface area contributed by atoms with Crippen LogP contribution in [-0.2, 0) is 23.4 Å². The van der Waals surface area contributed by atoms with E-state index in [4.69, 9.17) is 4.74 Å². The molecule has 3 aromatic rings. The van der Waals surface area contributed by atoms with Crippen LogP contribution in [0.3, 0.4) is 0 Å². The molecule has 0 saturated carbocycles. The van der Waals surface area contributed by atoms with Crippen LogP contribution in [0.25, 0.3) is 10.9 Å². The zero-order chi connectivity index (χ0) is 22.2. The van der Waals surface area contributed by atoms with Gasteiger partial charge in [0.05, 0.1) is 18.2 Å². The molecule has 1 saturated heterocycles. The second-order valence-corrected chi connectivity index (χ2v) is 9.63. The van der Waals surface area contributed by atoms with Crippen molar-refractivity contribution in [2.24, 2.45) is 0 Å². The summed E-state index contributed by atoms with van der Waals surface area (Å²) in [6, 6.07) is 6.18. The first-order chi connectivity index (χ1) is 14.7. The quantitative estimate of drug-likeness (QED) is 0.654. The molecule has 0 aliphatic carbocycles. The van der Waals surface area contributed by atoms with Crippen molar-refractivity contribution in [1.29, 1.82) is 0 Å². The summed E-state index contributed by atoms with van der Waals surface area (Å²) in [4.78, 5) is 18.2. The number of aryl methyl sites for hydroxylation is 2. The first-order valence-corrected chi connectivity index (χ1v) is 11.0. The van der Waals surface area contributed by atoms with Gasteiger partial charge in [-0.3, -0.25) is 9.69 Å². The molecule has 1 aromatic carbocycles. The van der Waals surface area contributed by atoms with Gasteiger partial charge in [0.25, 0.3) is 5.56 Å². The molecule has 8 nitrogen and oxygen atoms in total. The number of fused-ring (bicyclic) bond motifs is 1. The van der Waals surface area contributed by atoms with Crippen LogP contribution < -0.4 is 5.56 Å². The number of aromatic amines is 1. The van der Waals surface area contributed by atoms with E-state index in [0.717, 1.165) is 48.3 Å². The predicted octanol–water partition coefficient (Wildman–Crippen LogP) is 3.07. The Morgan fingerprint density at radius 3 is 2.68 bits per heavy atom. The van der Waals surface area contributed by atoms with Crippen LogP contribution in [0, 0.1) is 13.8 Å². The third-order valence-corrected chi connectivity index (χ3v) is 5.95. The summed E-state index contributed by atoms with van der Waals surface area (Å²) >= 11 is 0. The van der Waals surface area contributed by atoms with Gasteiger partial charge in [-0.2, -0.15) is 0 Å². The minimum absolute atomic E-state index is 0.0523. The molecule has 0 bridgehead atoms. The second kappa shape index (κ2) is 8.51. The number of hydrogen-bond acceptors (Lipinski definition) is 6. The Bertz CT molecular complexity index is 1120. The highest BCUT2D eigenvalue weighted by Gasteiger charge is 2.25. The van der Waals surface area contributed by atoms with E-state index in [9.17, 15) is 4.79 Å². The number of benzene rings is 1. The number of nitrogens with one attached hydrogen (secondary N) is 1. The van der Waals surface area contributed by atoms with Gasteiger partial charge in [-0.15, -0.1) is 5.10 Å². The van der Waals surface area contributed by atoms with Crippen molar-refractivity contribution in [2.75, 3.05) is 13.2 Å². The molecule has 3 heterocycles. The van der Waals surface area contributed by atoms with E-state index in [1.807, 2.05) is 16.8 Å². The number of ether oxygens (including phenoxy) is 1. The van der Waals surface area contributed by atoms with Gasteiger partial charge in [0.15, 0.2) is 5.82 Å². The highest BCUT2D eigenvalue weighted by molar-refractivity contribution is 5.80. The largest absolute Gasteiger partial charge is 0.377 e. The molecule has 166 valence electrons. The first kappa shape index (κ1) is 21.6. The third kappa shape index (κ3) is 4.85. The summed E-state index contributed by atoms with van der Waals surface area (Å²) in [6.45, 7) is 13.0. The zero-order valence-corrected chi connectivity index (χ0v) is 19.1. The number of tetrazole rings is 1. The third-order valence-electron chi connectivity index (χ3n) is 5.95. The van der Waals surface area contributed by atoms with Crippen molar-refractivity contribution >= 4 is 10.9 Å². The smallest absolute Gasteiger partial charge is 0.252 e. The van der Waals surface area contributed by atoms with Gasteiger partial charge >= 0.3 is 0 Å². The average molecular weight is 425 g/mol. The van der Waals surface area contributed by atoms with Crippen molar-refractivity contribution < 1.29 is 4.74 Å². The Kier molecular flexibility index (Phi) is 5.94. The van der Waals surface area contributed by atoms with Gasteiger partial charge in [0.1, 0.15) is 0 Å². The fraction of sp³-hybridized carbons (Fsp3) is 0.565. The van der Waals surface area contributed by atoms with Crippen LogP contribution in [0.15, 0.2) is 23.0 Å². The van der Waals surface area contributed by atoms with Gasteiger partial charge in [-0.05, 0) is 92.6 Å². The molecule has 1 aliphatic rings. The minimum Gasteiger partial charge on any atom is -0.377 e. The molecule has 2 aromatic heterocycles. The molecule has 0 amide bonds. The van der Waals surface area contributed by atoms with Crippen LogP contribution in [0.1, 0.15) is 56.1 Å². The van der Waals surface area contributed by atoms with Crippen molar-refractivity contribution in [3.8, 4) is 0 Å². The molecule has 31 heavy (non-hydrogen) atoms. The molecule has 1 aliphatic heterocycles. The molecule has 0 radical (unpaired) electrons. The van der Waals surface area contributed by atoms with E-state index in [1.54, 1.807) is 0 Å². The lowest BCUT2D eigenvalue weighted by Crippen LogP contribution is -2.35. The molecular weight excluding hydrogens is 392 g/mol. The summed E-state index contributed by atoms with van der Waals surface area (Å²) in [5.74, 6) is 0.786.